The minimum atomic E-state index is -0.144. The highest BCUT2D eigenvalue weighted by atomic mass is 16.1. The van der Waals surface area contributed by atoms with Crippen molar-refractivity contribution >= 4 is 6.29 Å². The molecule has 3 nitrogen and oxygen atoms in total. The van der Waals surface area contributed by atoms with Crippen LogP contribution in [0.3, 0.4) is 0 Å². The molecule has 0 aromatic carbocycles. The number of nitrogens with one attached hydrogen (secondary N) is 1. The smallest absolute Gasteiger partial charge is 0.143 e. The van der Waals surface area contributed by atoms with Crippen molar-refractivity contribution in [3.05, 3.63) is 12.3 Å². The molecule has 3 heteroatoms. The van der Waals surface area contributed by atoms with E-state index in [2.05, 4.69) is 11.9 Å². The molecule has 1 aliphatic rings. The first kappa shape index (κ1) is 7.28. The lowest BCUT2D eigenvalue weighted by Crippen LogP contribution is -2.33. The maximum atomic E-state index is 10.4. The van der Waals surface area contributed by atoms with Gasteiger partial charge in [0.1, 0.15) is 12.3 Å². The third kappa shape index (κ3) is 0.926. The highest BCUT2D eigenvalue weighted by Gasteiger charge is 2.29. The maximum Gasteiger partial charge on any atom is 0.143 e. The van der Waals surface area contributed by atoms with Crippen LogP contribution in [0.5, 0.6) is 0 Å². The maximum absolute atomic E-state index is 10.4. The normalized spacial score (nSPS) is 34.0. The minimum absolute atomic E-state index is 0.144. The first-order valence-corrected chi connectivity index (χ1v) is 3.29. The fourth-order valence-electron chi connectivity index (χ4n) is 1.12. The fraction of sp³-hybridized carbons (Fsp3) is 0.571. The first-order valence-electron chi connectivity index (χ1n) is 3.29. The molecule has 1 heterocycles. The van der Waals surface area contributed by atoms with Crippen LogP contribution in [0.15, 0.2) is 12.3 Å². The van der Waals surface area contributed by atoms with E-state index >= 15 is 0 Å². The van der Waals surface area contributed by atoms with Crippen molar-refractivity contribution in [2.45, 2.75) is 19.1 Å². The molecule has 0 amide bonds. The van der Waals surface area contributed by atoms with Crippen LogP contribution in [-0.2, 0) is 4.79 Å². The van der Waals surface area contributed by atoms with E-state index in [0.29, 0.717) is 0 Å². The number of aldehydes is 1. The summed E-state index contributed by atoms with van der Waals surface area (Å²) in [5.74, 6) is 0. The average Bonchev–Trinajstić information content (AvgIpc) is 2.09. The van der Waals surface area contributed by atoms with Gasteiger partial charge >= 0.3 is 0 Å². The molecule has 0 radical (unpaired) electrons. The van der Waals surface area contributed by atoms with E-state index in [1.54, 1.807) is 0 Å². The Labute approximate surface area is 60.7 Å². The summed E-state index contributed by atoms with van der Waals surface area (Å²) in [4.78, 5) is 12.4. The van der Waals surface area contributed by atoms with E-state index in [4.69, 9.17) is 0 Å². The number of likely N-dealkylation sites (N-methyl/N-ethyl adjacent to an activating group) is 1. The van der Waals surface area contributed by atoms with Gasteiger partial charge in [0.2, 0.25) is 0 Å². The van der Waals surface area contributed by atoms with E-state index in [1.165, 1.54) is 0 Å². The van der Waals surface area contributed by atoms with Crippen molar-refractivity contribution in [1.82, 2.24) is 10.2 Å². The highest BCUT2D eigenvalue weighted by Crippen LogP contribution is 2.13. The molecule has 0 saturated carbocycles. The molecule has 1 N–H and O–H groups in total. The number of carbonyl (C=O) groups is 1. The number of carbonyl (C=O) groups excluding carboxylic acids is 1. The Kier molecular flexibility index (Phi) is 1.76. The van der Waals surface area contributed by atoms with Crippen molar-refractivity contribution in [2.75, 3.05) is 7.05 Å². The average molecular weight is 140 g/mol. The van der Waals surface area contributed by atoms with Crippen LogP contribution < -0.4 is 5.32 Å². The van der Waals surface area contributed by atoms with Crippen molar-refractivity contribution in [3.8, 4) is 0 Å². The van der Waals surface area contributed by atoms with E-state index in [-0.39, 0.29) is 12.2 Å². The number of rotatable bonds is 1. The molecule has 1 saturated heterocycles. The van der Waals surface area contributed by atoms with E-state index in [9.17, 15) is 4.79 Å². The molecular weight excluding hydrogens is 128 g/mol. The molecule has 56 valence electrons. The van der Waals surface area contributed by atoms with Crippen molar-refractivity contribution < 1.29 is 4.79 Å². The highest BCUT2D eigenvalue weighted by molar-refractivity contribution is 5.63. The minimum Gasteiger partial charge on any atom is -0.372 e. The zero-order chi connectivity index (χ0) is 7.72. The van der Waals surface area contributed by atoms with Crippen LogP contribution >= 0.6 is 0 Å². The summed E-state index contributed by atoms with van der Waals surface area (Å²) < 4.78 is 0. The Bertz CT molecular complexity index is 167. The second-order valence-electron chi connectivity index (χ2n) is 2.59. The number of hydrogen-bond donors (Lipinski definition) is 1. The SMILES string of the molecule is C=C1NC(C)N(C)C1C=O. The van der Waals surface area contributed by atoms with Crippen molar-refractivity contribution in [3.63, 3.8) is 0 Å². The zero-order valence-corrected chi connectivity index (χ0v) is 6.29. The number of nitrogens with zero attached hydrogens (tertiary/aromatic N) is 1. The van der Waals surface area contributed by atoms with Gasteiger partial charge in [-0.05, 0) is 14.0 Å². The summed E-state index contributed by atoms with van der Waals surface area (Å²) in [6, 6.07) is -0.144. The van der Waals surface area contributed by atoms with Gasteiger partial charge in [-0.25, -0.2) is 0 Å². The molecule has 0 bridgehead atoms. The summed E-state index contributed by atoms with van der Waals surface area (Å²) in [5, 5.41) is 3.07. The molecule has 0 aliphatic carbocycles. The molecule has 1 fully saturated rings. The van der Waals surface area contributed by atoms with Gasteiger partial charge in [-0.15, -0.1) is 0 Å². The number of hydrogen-bond acceptors (Lipinski definition) is 3. The Morgan fingerprint density at radius 3 is 2.60 bits per heavy atom. The molecule has 10 heavy (non-hydrogen) atoms. The predicted octanol–water partition coefficient (Wildman–Crippen LogP) is -0.0514. The molecule has 1 aliphatic heterocycles. The van der Waals surface area contributed by atoms with Crippen LogP contribution in [0.25, 0.3) is 0 Å². The Morgan fingerprint density at radius 2 is 2.40 bits per heavy atom. The summed E-state index contributed by atoms with van der Waals surface area (Å²) in [5.41, 5.74) is 0.796. The van der Waals surface area contributed by atoms with E-state index in [0.717, 1.165) is 12.0 Å². The summed E-state index contributed by atoms with van der Waals surface area (Å²) in [6.45, 7) is 5.72. The second-order valence-corrected chi connectivity index (χ2v) is 2.59. The largest absolute Gasteiger partial charge is 0.372 e. The monoisotopic (exact) mass is 140 g/mol. The van der Waals surface area contributed by atoms with Gasteiger partial charge in [-0.2, -0.15) is 0 Å². The van der Waals surface area contributed by atoms with Crippen molar-refractivity contribution in [2.24, 2.45) is 0 Å². The third-order valence-electron chi connectivity index (χ3n) is 1.93. The van der Waals surface area contributed by atoms with Gasteiger partial charge in [0.15, 0.2) is 0 Å². The molecule has 0 spiro atoms. The van der Waals surface area contributed by atoms with E-state index in [1.807, 2.05) is 18.9 Å². The molecule has 2 unspecified atom stereocenters. The molecule has 2 atom stereocenters. The third-order valence-corrected chi connectivity index (χ3v) is 1.93. The van der Waals surface area contributed by atoms with Gasteiger partial charge in [0.25, 0.3) is 0 Å². The van der Waals surface area contributed by atoms with Crippen LogP contribution in [0.1, 0.15) is 6.92 Å². The fourth-order valence-corrected chi connectivity index (χ4v) is 1.12. The van der Waals surface area contributed by atoms with Crippen LogP contribution in [-0.4, -0.2) is 30.4 Å². The van der Waals surface area contributed by atoms with Gasteiger partial charge in [0.05, 0.1) is 6.17 Å². The van der Waals surface area contributed by atoms with Crippen LogP contribution in [0.4, 0.5) is 0 Å². The summed E-state index contributed by atoms with van der Waals surface area (Å²) in [6.07, 6.45) is 1.13. The lowest BCUT2D eigenvalue weighted by molar-refractivity contribution is -0.110. The second kappa shape index (κ2) is 2.42. The lowest BCUT2D eigenvalue weighted by Gasteiger charge is -2.15. The Morgan fingerprint density at radius 1 is 1.80 bits per heavy atom. The van der Waals surface area contributed by atoms with E-state index < -0.39 is 0 Å². The Balaban J connectivity index is 2.73. The summed E-state index contributed by atoms with van der Waals surface area (Å²) >= 11 is 0. The molecule has 1 rings (SSSR count). The molecule has 0 aromatic heterocycles. The van der Waals surface area contributed by atoms with Gasteiger partial charge in [-0.1, -0.05) is 6.58 Å². The van der Waals surface area contributed by atoms with Crippen molar-refractivity contribution in [1.29, 1.82) is 0 Å². The quantitative estimate of drug-likeness (QED) is 0.518. The standard InChI is InChI=1S/C7H12N2O/c1-5-7(4-10)9(3)6(2)8-5/h4,6-8H,1H2,2-3H3. The topological polar surface area (TPSA) is 32.3 Å². The zero-order valence-electron chi connectivity index (χ0n) is 6.29. The van der Waals surface area contributed by atoms with Crippen LogP contribution in [0.2, 0.25) is 0 Å². The van der Waals surface area contributed by atoms with Crippen LogP contribution in [0, 0.1) is 0 Å². The molecular formula is C7H12N2O. The summed E-state index contributed by atoms with van der Waals surface area (Å²) in [7, 11) is 1.90. The lowest BCUT2D eigenvalue weighted by atomic mass is 10.3. The van der Waals surface area contributed by atoms with Gasteiger partial charge in [0, 0.05) is 5.70 Å². The predicted molar refractivity (Wildman–Crippen MR) is 39.4 cm³/mol. The van der Waals surface area contributed by atoms with Gasteiger partial charge in [-0.3, -0.25) is 4.90 Å². The molecule has 0 aromatic rings. The Hall–Kier alpha value is -0.830. The first-order chi connectivity index (χ1) is 4.66. The van der Waals surface area contributed by atoms with Gasteiger partial charge < -0.3 is 10.1 Å².